The standard InChI is InChI=1S/C17H17F3N2OS.ClH/c1-11(2)12-3-5-13(6-4-12)21-16(24)22-14-7-9-15(10-8-14)23-17(18,19)20;/h3-11H,1-2H3,(H2,21,22,24);1H. The summed E-state index contributed by atoms with van der Waals surface area (Å²) in [6, 6.07) is 13.2. The van der Waals surface area contributed by atoms with Gasteiger partial charge in [0.1, 0.15) is 5.75 Å². The van der Waals surface area contributed by atoms with E-state index in [0.29, 0.717) is 16.7 Å². The molecule has 2 rings (SSSR count). The van der Waals surface area contributed by atoms with Gasteiger partial charge in [-0.2, -0.15) is 0 Å². The molecular weight excluding hydrogens is 373 g/mol. The molecule has 0 aliphatic carbocycles. The van der Waals surface area contributed by atoms with Crippen molar-refractivity contribution in [1.82, 2.24) is 0 Å². The van der Waals surface area contributed by atoms with Gasteiger partial charge in [0.05, 0.1) is 0 Å². The van der Waals surface area contributed by atoms with Crippen molar-refractivity contribution in [2.45, 2.75) is 26.1 Å². The Morgan fingerprint density at radius 1 is 0.920 bits per heavy atom. The zero-order valence-electron chi connectivity index (χ0n) is 13.6. The SMILES string of the molecule is CC(C)c1ccc(NC(=S)Nc2ccc(OC(F)(F)F)cc2)cc1.Cl. The Morgan fingerprint density at radius 3 is 1.76 bits per heavy atom. The van der Waals surface area contributed by atoms with Crippen molar-refractivity contribution in [2.24, 2.45) is 0 Å². The van der Waals surface area contributed by atoms with Crippen LogP contribution in [-0.2, 0) is 0 Å². The molecule has 0 amide bonds. The summed E-state index contributed by atoms with van der Waals surface area (Å²) >= 11 is 5.19. The molecule has 0 aromatic heterocycles. The summed E-state index contributed by atoms with van der Waals surface area (Å²) in [5.74, 6) is 0.165. The van der Waals surface area contributed by atoms with Crippen molar-refractivity contribution < 1.29 is 17.9 Å². The zero-order valence-corrected chi connectivity index (χ0v) is 15.2. The fourth-order valence-corrected chi connectivity index (χ4v) is 2.22. The van der Waals surface area contributed by atoms with E-state index in [1.807, 2.05) is 24.3 Å². The van der Waals surface area contributed by atoms with E-state index in [0.717, 1.165) is 5.69 Å². The first kappa shape index (κ1) is 21.1. The molecule has 0 unspecified atom stereocenters. The molecule has 0 aliphatic rings. The van der Waals surface area contributed by atoms with Gasteiger partial charge in [0.25, 0.3) is 0 Å². The van der Waals surface area contributed by atoms with Crippen LogP contribution >= 0.6 is 24.6 Å². The first-order valence-corrected chi connectivity index (χ1v) is 7.67. The Bertz CT molecular complexity index is 689. The van der Waals surface area contributed by atoms with Gasteiger partial charge in [-0.3, -0.25) is 0 Å². The van der Waals surface area contributed by atoms with Gasteiger partial charge < -0.3 is 15.4 Å². The van der Waals surface area contributed by atoms with Crippen LogP contribution in [0.15, 0.2) is 48.5 Å². The molecule has 0 bridgehead atoms. The maximum Gasteiger partial charge on any atom is 0.573 e. The first-order valence-electron chi connectivity index (χ1n) is 7.27. The van der Waals surface area contributed by atoms with E-state index in [1.54, 1.807) is 0 Å². The second kappa shape index (κ2) is 8.92. The largest absolute Gasteiger partial charge is 0.573 e. The van der Waals surface area contributed by atoms with Crippen molar-refractivity contribution in [3.05, 3.63) is 54.1 Å². The van der Waals surface area contributed by atoms with Crippen molar-refractivity contribution in [1.29, 1.82) is 0 Å². The summed E-state index contributed by atoms with van der Waals surface area (Å²) in [6.07, 6.45) is -4.70. The number of hydrogen-bond donors (Lipinski definition) is 2. The molecule has 2 aromatic rings. The average molecular weight is 391 g/mol. The second-order valence-electron chi connectivity index (χ2n) is 5.43. The smallest absolute Gasteiger partial charge is 0.406 e. The van der Waals surface area contributed by atoms with E-state index in [1.165, 1.54) is 29.8 Å². The molecule has 3 nitrogen and oxygen atoms in total. The molecule has 0 spiro atoms. The highest BCUT2D eigenvalue weighted by Gasteiger charge is 2.30. The predicted molar refractivity (Wildman–Crippen MR) is 101 cm³/mol. The lowest BCUT2D eigenvalue weighted by Crippen LogP contribution is -2.19. The third-order valence-electron chi connectivity index (χ3n) is 3.18. The third kappa shape index (κ3) is 7.19. The highest BCUT2D eigenvalue weighted by Crippen LogP contribution is 2.24. The number of rotatable bonds is 4. The molecule has 2 N–H and O–H groups in total. The minimum absolute atomic E-state index is 0. The van der Waals surface area contributed by atoms with Gasteiger partial charge in [0, 0.05) is 11.4 Å². The highest BCUT2D eigenvalue weighted by atomic mass is 35.5. The number of hydrogen-bond acceptors (Lipinski definition) is 2. The maximum absolute atomic E-state index is 12.1. The number of halogens is 4. The minimum atomic E-state index is -4.70. The van der Waals surface area contributed by atoms with Gasteiger partial charge in [-0.15, -0.1) is 25.6 Å². The summed E-state index contributed by atoms with van der Waals surface area (Å²) in [5.41, 5.74) is 2.61. The quantitative estimate of drug-likeness (QED) is 0.633. The monoisotopic (exact) mass is 390 g/mol. The van der Waals surface area contributed by atoms with Crippen LogP contribution in [0.4, 0.5) is 24.5 Å². The Kier molecular flexibility index (Phi) is 7.51. The van der Waals surface area contributed by atoms with Crippen molar-refractivity contribution >= 4 is 41.1 Å². The van der Waals surface area contributed by atoms with E-state index < -0.39 is 6.36 Å². The lowest BCUT2D eigenvalue weighted by atomic mass is 10.0. The molecule has 2 aromatic carbocycles. The van der Waals surface area contributed by atoms with Crippen LogP contribution in [0, 0.1) is 0 Å². The van der Waals surface area contributed by atoms with Gasteiger partial charge >= 0.3 is 6.36 Å². The second-order valence-corrected chi connectivity index (χ2v) is 5.84. The van der Waals surface area contributed by atoms with Crippen LogP contribution < -0.4 is 15.4 Å². The minimum Gasteiger partial charge on any atom is -0.406 e. The van der Waals surface area contributed by atoms with Gasteiger partial charge in [-0.1, -0.05) is 26.0 Å². The molecule has 0 saturated heterocycles. The number of nitrogens with one attached hydrogen (secondary N) is 2. The number of alkyl halides is 3. The molecule has 0 aliphatic heterocycles. The highest BCUT2D eigenvalue weighted by molar-refractivity contribution is 7.80. The number of thiocarbonyl (C=S) groups is 1. The third-order valence-corrected chi connectivity index (χ3v) is 3.39. The molecule has 0 fully saturated rings. The Morgan fingerprint density at radius 2 is 1.36 bits per heavy atom. The van der Waals surface area contributed by atoms with Gasteiger partial charge in [-0.25, -0.2) is 0 Å². The number of anilines is 2. The molecule has 136 valence electrons. The van der Waals surface area contributed by atoms with Crippen LogP contribution in [-0.4, -0.2) is 11.5 Å². The summed E-state index contributed by atoms with van der Waals surface area (Å²) in [6.45, 7) is 4.22. The fraction of sp³-hybridized carbons (Fsp3) is 0.235. The molecule has 0 saturated carbocycles. The average Bonchev–Trinajstić information content (AvgIpc) is 2.48. The molecule has 25 heavy (non-hydrogen) atoms. The Labute approximate surface area is 156 Å². The van der Waals surface area contributed by atoms with Crippen molar-refractivity contribution in [3.8, 4) is 5.75 Å². The number of benzene rings is 2. The summed E-state index contributed by atoms with van der Waals surface area (Å²) < 4.78 is 40.1. The fourth-order valence-electron chi connectivity index (χ4n) is 1.98. The molecule has 0 atom stereocenters. The summed E-state index contributed by atoms with van der Waals surface area (Å²) in [5, 5.41) is 6.26. The summed E-state index contributed by atoms with van der Waals surface area (Å²) in [7, 11) is 0. The number of ether oxygens (including phenoxy) is 1. The summed E-state index contributed by atoms with van der Waals surface area (Å²) in [4.78, 5) is 0. The molecule has 0 heterocycles. The van der Waals surface area contributed by atoms with Crippen molar-refractivity contribution in [3.63, 3.8) is 0 Å². The molecular formula is C17H18ClF3N2OS. The molecule has 0 radical (unpaired) electrons. The lowest BCUT2D eigenvalue weighted by molar-refractivity contribution is -0.274. The zero-order chi connectivity index (χ0) is 17.7. The molecule has 8 heteroatoms. The van der Waals surface area contributed by atoms with Crippen LogP contribution in [0.5, 0.6) is 5.75 Å². The van der Waals surface area contributed by atoms with E-state index in [-0.39, 0.29) is 18.2 Å². The van der Waals surface area contributed by atoms with Crippen LogP contribution in [0.1, 0.15) is 25.3 Å². The lowest BCUT2D eigenvalue weighted by Gasteiger charge is -2.13. The van der Waals surface area contributed by atoms with E-state index >= 15 is 0 Å². The van der Waals surface area contributed by atoms with Crippen LogP contribution in [0.25, 0.3) is 0 Å². The van der Waals surface area contributed by atoms with E-state index in [4.69, 9.17) is 12.2 Å². The van der Waals surface area contributed by atoms with Crippen LogP contribution in [0.3, 0.4) is 0 Å². The normalized spacial score (nSPS) is 10.8. The van der Waals surface area contributed by atoms with Gasteiger partial charge in [0.15, 0.2) is 5.11 Å². The van der Waals surface area contributed by atoms with Gasteiger partial charge in [0.2, 0.25) is 0 Å². The Balaban J connectivity index is 0.00000312. The van der Waals surface area contributed by atoms with Crippen LogP contribution in [0.2, 0.25) is 0 Å². The van der Waals surface area contributed by atoms with E-state index in [2.05, 4.69) is 29.2 Å². The Hall–Kier alpha value is -1.99. The van der Waals surface area contributed by atoms with Gasteiger partial charge in [-0.05, 0) is 60.1 Å². The van der Waals surface area contributed by atoms with Crippen molar-refractivity contribution in [2.75, 3.05) is 10.6 Å². The first-order chi connectivity index (χ1) is 11.2. The topological polar surface area (TPSA) is 33.3 Å². The maximum atomic E-state index is 12.1. The van der Waals surface area contributed by atoms with E-state index in [9.17, 15) is 13.2 Å². The predicted octanol–water partition coefficient (Wildman–Crippen LogP) is 5.94.